The molecule has 0 atom stereocenters. The van der Waals surface area contributed by atoms with Crippen LogP contribution in [0.5, 0.6) is 0 Å². The number of hydrogen-bond acceptors (Lipinski definition) is 4. The summed E-state index contributed by atoms with van der Waals surface area (Å²) in [4.78, 5) is 15.6. The topological polar surface area (TPSA) is 51.8 Å². The van der Waals surface area contributed by atoms with Crippen molar-refractivity contribution in [3.8, 4) is 45.5 Å². The van der Waals surface area contributed by atoms with Crippen LogP contribution in [0.25, 0.3) is 77.3 Å². The van der Waals surface area contributed by atoms with Gasteiger partial charge < -0.3 is 4.42 Å². The first-order chi connectivity index (χ1) is 28.7. The molecule has 4 nitrogen and oxygen atoms in total. The fraction of sp³-hybridized carbons (Fsp3) is 0.167. The zero-order valence-electron chi connectivity index (χ0n) is 32.3. The van der Waals surface area contributed by atoms with Gasteiger partial charge in [-0.25, -0.2) is 15.0 Å². The van der Waals surface area contributed by atoms with E-state index in [1.165, 1.54) is 70.4 Å². The van der Waals surface area contributed by atoms with Crippen LogP contribution in [0.4, 0.5) is 0 Å². The van der Waals surface area contributed by atoms with E-state index in [4.69, 9.17) is 19.4 Å². The molecule has 6 aromatic carbocycles. The first-order valence-electron chi connectivity index (χ1n) is 20.7. The summed E-state index contributed by atoms with van der Waals surface area (Å²) in [5, 5.41) is 5.86. The minimum atomic E-state index is 0.556. The van der Waals surface area contributed by atoms with E-state index in [1.807, 2.05) is 24.3 Å². The summed E-state index contributed by atoms with van der Waals surface area (Å²) in [7, 11) is 0. The second kappa shape index (κ2) is 14.6. The molecule has 3 aliphatic carbocycles. The van der Waals surface area contributed by atoms with Crippen LogP contribution in [0.15, 0.2) is 156 Å². The molecule has 2 heterocycles. The summed E-state index contributed by atoms with van der Waals surface area (Å²) in [6.07, 6.45) is 15.8. The largest absolute Gasteiger partial charge is 0.447 e. The Balaban J connectivity index is 1.08. The lowest BCUT2D eigenvalue weighted by atomic mass is 9.80. The van der Waals surface area contributed by atoms with Crippen LogP contribution in [0.2, 0.25) is 0 Å². The van der Waals surface area contributed by atoms with Crippen molar-refractivity contribution in [3.63, 3.8) is 0 Å². The van der Waals surface area contributed by atoms with Crippen LogP contribution >= 0.6 is 0 Å². The molecular weight excluding hydrogens is 707 g/mol. The van der Waals surface area contributed by atoms with Crippen molar-refractivity contribution in [2.75, 3.05) is 0 Å². The van der Waals surface area contributed by atoms with Gasteiger partial charge in [0.1, 0.15) is 5.58 Å². The van der Waals surface area contributed by atoms with Crippen molar-refractivity contribution < 1.29 is 4.42 Å². The average molecular weight is 748 g/mol. The van der Waals surface area contributed by atoms with Crippen LogP contribution in [0.3, 0.4) is 0 Å². The molecule has 0 radical (unpaired) electrons. The van der Waals surface area contributed by atoms with Gasteiger partial charge in [-0.3, -0.25) is 0 Å². The maximum atomic E-state index is 6.87. The van der Waals surface area contributed by atoms with Crippen molar-refractivity contribution in [2.45, 2.75) is 51.4 Å². The highest BCUT2D eigenvalue weighted by Crippen LogP contribution is 2.43. The Labute approximate surface area is 338 Å². The SMILES string of the molecule is C1#Cc2oc3c(-c4cccc5ccccc45)cc(-c4cccc5ccccc45)cc3c2CC(c2nc(C3=CC(C4CCCCC4)=CCC3)nc(-c3ccccc3)n2)=C1. The van der Waals surface area contributed by atoms with E-state index in [2.05, 4.69) is 133 Å². The van der Waals surface area contributed by atoms with Crippen molar-refractivity contribution >= 4 is 43.7 Å². The van der Waals surface area contributed by atoms with Crippen LogP contribution in [0.1, 0.15) is 67.9 Å². The molecule has 3 aliphatic rings. The molecule has 1 fully saturated rings. The molecule has 0 spiro atoms. The summed E-state index contributed by atoms with van der Waals surface area (Å²) in [6, 6.07) is 45.2. The summed E-state index contributed by atoms with van der Waals surface area (Å²) < 4.78 is 6.87. The Morgan fingerprint density at radius 3 is 2.03 bits per heavy atom. The Morgan fingerprint density at radius 2 is 1.24 bits per heavy atom. The fourth-order valence-electron chi connectivity index (χ4n) is 9.40. The number of nitrogens with zero attached hydrogens (tertiary/aromatic N) is 3. The van der Waals surface area contributed by atoms with Crippen molar-refractivity contribution in [2.24, 2.45) is 5.92 Å². The number of furan rings is 1. The number of benzene rings is 6. The van der Waals surface area contributed by atoms with Gasteiger partial charge in [0.2, 0.25) is 0 Å². The summed E-state index contributed by atoms with van der Waals surface area (Å²) in [5.41, 5.74) is 11.0. The zero-order valence-corrected chi connectivity index (χ0v) is 32.3. The summed E-state index contributed by atoms with van der Waals surface area (Å²) in [6.45, 7) is 0. The molecule has 0 saturated heterocycles. The van der Waals surface area contributed by atoms with E-state index >= 15 is 0 Å². The number of fused-ring (bicyclic) bond motifs is 5. The molecule has 0 N–H and O–H groups in total. The summed E-state index contributed by atoms with van der Waals surface area (Å²) in [5.74, 6) is 10.2. The van der Waals surface area contributed by atoms with Gasteiger partial charge >= 0.3 is 0 Å². The maximum absolute atomic E-state index is 6.87. The lowest BCUT2D eigenvalue weighted by Gasteiger charge is -2.25. The highest BCUT2D eigenvalue weighted by atomic mass is 16.3. The fourth-order valence-corrected chi connectivity index (χ4v) is 9.40. The predicted octanol–water partition coefficient (Wildman–Crippen LogP) is 13.6. The monoisotopic (exact) mass is 747 g/mol. The molecule has 8 aromatic rings. The third-order valence-electron chi connectivity index (χ3n) is 12.3. The smallest absolute Gasteiger partial charge is 0.182 e. The van der Waals surface area contributed by atoms with Gasteiger partial charge in [-0.05, 0) is 105 Å². The first-order valence-corrected chi connectivity index (χ1v) is 20.7. The average Bonchev–Trinajstić information content (AvgIpc) is 3.50. The van der Waals surface area contributed by atoms with Gasteiger partial charge in [-0.15, -0.1) is 0 Å². The molecule has 278 valence electrons. The molecule has 0 amide bonds. The van der Waals surface area contributed by atoms with Gasteiger partial charge in [0.25, 0.3) is 0 Å². The molecular formula is C54H41N3O. The molecule has 4 heteroatoms. The number of rotatable bonds is 6. The molecule has 0 unspecified atom stereocenters. The second-order valence-corrected chi connectivity index (χ2v) is 15.9. The molecule has 2 aromatic heterocycles. The highest BCUT2D eigenvalue weighted by Gasteiger charge is 2.25. The molecule has 0 aliphatic heterocycles. The first kappa shape index (κ1) is 34.4. The number of allylic oxidation sites excluding steroid dienone is 6. The number of aromatic nitrogens is 3. The standard InChI is InChI=1S/C54H41N3O/c1-3-15-35(16-4-1)39-23-11-24-40(31-39)53-55-52(38-19-5-2-6-20-38)56-54(57-53)41-25-14-30-50-47(32-41)49-34-42(45-28-12-21-36-17-7-9-26-43(36)45)33-48(51(49)58-50)46-29-13-22-37-18-8-10-27-44(37)46/h2,5-10,12-13,17-23,25-29,31,33-35H,1,3-4,11,15-16,24,32H2. The zero-order chi connectivity index (χ0) is 38.4. The van der Waals surface area contributed by atoms with E-state index in [0.717, 1.165) is 63.0 Å². The minimum Gasteiger partial charge on any atom is -0.447 e. The second-order valence-electron chi connectivity index (χ2n) is 15.9. The van der Waals surface area contributed by atoms with E-state index in [9.17, 15) is 0 Å². The van der Waals surface area contributed by atoms with Crippen LogP contribution in [-0.2, 0) is 6.42 Å². The molecule has 11 rings (SSSR count). The normalized spacial score (nSPS) is 15.6. The minimum absolute atomic E-state index is 0.556. The highest BCUT2D eigenvalue weighted by molar-refractivity contribution is 6.08. The van der Waals surface area contributed by atoms with E-state index in [0.29, 0.717) is 29.7 Å². The maximum Gasteiger partial charge on any atom is 0.182 e. The Hall–Kier alpha value is -6.83. The third-order valence-corrected chi connectivity index (χ3v) is 12.3. The van der Waals surface area contributed by atoms with Gasteiger partial charge in [0, 0.05) is 34.1 Å². The lowest BCUT2D eigenvalue weighted by molar-refractivity contribution is 0.407. The van der Waals surface area contributed by atoms with E-state index in [-0.39, 0.29) is 0 Å². The van der Waals surface area contributed by atoms with Crippen LogP contribution in [0, 0.1) is 17.8 Å². The van der Waals surface area contributed by atoms with Gasteiger partial charge in [0.15, 0.2) is 23.2 Å². The lowest BCUT2D eigenvalue weighted by Crippen LogP contribution is -2.11. The van der Waals surface area contributed by atoms with E-state index in [1.54, 1.807) is 0 Å². The molecule has 1 saturated carbocycles. The molecule has 0 bridgehead atoms. The third kappa shape index (κ3) is 6.24. The van der Waals surface area contributed by atoms with Crippen LogP contribution < -0.4 is 0 Å². The summed E-state index contributed by atoms with van der Waals surface area (Å²) >= 11 is 0. The van der Waals surface area contributed by atoms with Crippen LogP contribution in [-0.4, -0.2) is 15.0 Å². The number of hydrogen-bond donors (Lipinski definition) is 0. The van der Waals surface area contributed by atoms with Crippen molar-refractivity contribution in [3.05, 3.63) is 174 Å². The van der Waals surface area contributed by atoms with E-state index < -0.39 is 0 Å². The Kier molecular flexibility index (Phi) is 8.66. The van der Waals surface area contributed by atoms with Gasteiger partial charge in [-0.1, -0.05) is 153 Å². The quantitative estimate of drug-likeness (QED) is 0.159. The predicted molar refractivity (Wildman–Crippen MR) is 238 cm³/mol. The molecule has 58 heavy (non-hydrogen) atoms. The van der Waals surface area contributed by atoms with Gasteiger partial charge in [0.05, 0.1) is 0 Å². The van der Waals surface area contributed by atoms with Crippen molar-refractivity contribution in [1.29, 1.82) is 0 Å². The Morgan fingerprint density at radius 1 is 0.569 bits per heavy atom. The van der Waals surface area contributed by atoms with Crippen molar-refractivity contribution in [1.82, 2.24) is 15.0 Å². The van der Waals surface area contributed by atoms with Gasteiger partial charge in [-0.2, -0.15) is 0 Å². The Bertz CT molecular complexity index is 3060.